The zero-order valence-corrected chi connectivity index (χ0v) is 15.3. The zero-order chi connectivity index (χ0) is 18.2. The van der Waals surface area contributed by atoms with E-state index >= 15 is 0 Å². The monoisotopic (exact) mass is 379 g/mol. The lowest BCUT2D eigenvalue weighted by Crippen LogP contribution is -2.30. The fourth-order valence-corrected chi connectivity index (χ4v) is 2.44. The summed E-state index contributed by atoms with van der Waals surface area (Å²) in [6, 6.07) is 13.0. The number of hydrogen-bond acceptors (Lipinski definition) is 3. The van der Waals surface area contributed by atoms with Crippen LogP contribution < -0.4 is 16.4 Å². The zero-order valence-electron chi connectivity index (χ0n) is 14.5. The molecule has 2 aromatic rings. The summed E-state index contributed by atoms with van der Waals surface area (Å²) in [5.74, 6) is -1.23. The highest BCUT2D eigenvalue weighted by molar-refractivity contribution is 6.04. The van der Waals surface area contributed by atoms with Crippen molar-refractivity contribution in [2.75, 3.05) is 18.4 Å². The van der Waals surface area contributed by atoms with Crippen LogP contribution in [0.4, 0.5) is 10.1 Å². The standard InChI is InChI=1S/C19H22FN3O2.ClH/c1-13(11-14-5-4-6-15(20)12-14)18(24)23-17-8-3-2-7-16(17)19(25)22-10-9-21;/h2-8,12-13H,9-11,21H2,1H3,(H,22,25)(H,23,24);1H. The Labute approximate surface area is 158 Å². The maximum atomic E-state index is 13.3. The molecule has 0 heterocycles. The molecule has 5 nitrogen and oxygen atoms in total. The van der Waals surface area contributed by atoms with E-state index in [-0.39, 0.29) is 36.0 Å². The van der Waals surface area contributed by atoms with Gasteiger partial charge in [-0.3, -0.25) is 9.59 Å². The lowest BCUT2D eigenvalue weighted by molar-refractivity contribution is -0.119. The topological polar surface area (TPSA) is 84.2 Å². The number of rotatable bonds is 7. The van der Waals surface area contributed by atoms with Gasteiger partial charge in [-0.25, -0.2) is 4.39 Å². The molecule has 0 radical (unpaired) electrons. The smallest absolute Gasteiger partial charge is 0.253 e. The third-order valence-electron chi connectivity index (χ3n) is 3.74. The second-order valence-electron chi connectivity index (χ2n) is 5.81. The van der Waals surface area contributed by atoms with Crippen LogP contribution in [0.15, 0.2) is 48.5 Å². The van der Waals surface area contributed by atoms with Gasteiger partial charge in [-0.15, -0.1) is 12.4 Å². The minimum Gasteiger partial charge on any atom is -0.351 e. The Morgan fingerprint density at radius 3 is 2.58 bits per heavy atom. The van der Waals surface area contributed by atoms with Crippen LogP contribution in [0.5, 0.6) is 0 Å². The number of nitrogens with two attached hydrogens (primary N) is 1. The second-order valence-corrected chi connectivity index (χ2v) is 5.81. The van der Waals surface area contributed by atoms with Crippen molar-refractivity contribution in [2.24, 2.45) is 11.7 Å². The van der Waals surface area contributed by atoms with Crippen molar-refractivity contribution in [3.63, 3.8) is 0 Å². The molecule has 0 aliphatic rings. The summed E-state index contributed by atoms with van der Waals surface area (Å²) in [5.41, 5.74) is 6.95. The van der Waals surface area contributed by atoms with Gasteiger partial charge in [0.05, 0.1) is 11.3 Å². The van der Waals surface area contributed by atoms with E-state index in [0.717, 1.165) is 5.56 Å². The van der Waals surface area contributed by atoms with Gasteiger partial charge >= 0.3 is 0 Å². The van der Waals surface area contributed by atoms with Crippen LogP contribution in [0.25, 0.3) is 0 Å². The summed E-state index contributed by atoms with van der Waals surface area (Å²) in [4.78, 5) is 24.6. The van der Waals surface area contributed by atoms with Gasteiger partial charge in [0.25, 0.3) is 5.91 Å². The van der Waals surface area contributed by atoms with Crippen LogP contribution in [-0.4, -0.2) is 24.9 Å². The van der Waals surface area contributed by atoms with Crippen molar-refractivity contribution in [3.8, 4) is 0 Å². The van der Waals surface area contributed by atoms with E-state index in [1.165, 1.54) is 12.1 Å². The second kappa shape index (κ2) is 10.5. The number of halogens is 2. The van der Waals surface area contributed by atoms with Gasteiger partial charge in [0.1, 0.15) is 5.82 Å². The molecule has 4 N–H and O–H groups in total. The highest BCUT2D eigenvalue weighted by Gasteiger charge is 2.17. The molecule has 0 saturated carbocycles. The van der Waals surface area contributed by atoms with Gasteiger partial charge in [0.2, 0.25) is 5.91 Å². The fourth-order valence-electron chi connectivity index (χ4n) is 2.44. The molecule has 1 atom stereocenters. The van der Waals surface area contributed by atoms with Crippen molar-refractivity contribution < 1.29 is 14.0 Å². The van der Waals surface area contributed by atoms with Crippen molar-refractivity contribution >= 4 is 29.9 Å². The van der Waals surface area contributed by atoms with Crippen LogP contribution in [0.1, 0.15) is 22.8 Å². The molecule has 0 spiro atoms. The van der Waals surface area contributed by atoms with E-state index in [2.05, 4.69) is 10.6 Å². The van der Waals surface area contributed by atoms with E-state index in [1.807, 2.05) is 0 Å². The summed E-state index contributed by atoms with van der Waals surface area (Å²) in [6.45, 7) is 2.46. The average molecular weight is 380 g/mol. The first-order chi connectivity index (χ1) is 12.0. The van der Waals surface area contributed by atoms with Crippen molar-refractivity contribution in [2.45, 2.75) is 13.3 Å². The van der Waals surface area contributed by atoms with E-state index in [0.29, 0.717) is 30.8 Å². The number of hydrogen-bond donors (Lipinski definition) is 3. The highest BCUT2D eigenvalue weighted by atomic mass is 35.5. The first-order valence-corrected chi connectivity index (χ1v) is 8.14. The quantitative estimate of drug-likeness (QED) is 0.691. The first kappa shape index (κ1) is 21.6. The van der Waals surface area contributed by atoms with E-state index < -0.39 is 0 Å². The molecule has 0 aliphatic heterocycles. The van der Waals surface area contributed by atoms with Crippen molar-refractivity contribution in [1.82, 2.24) is 5.32 Å². The molecular weight excluding hydrogens is 357 g/mol. The van der Waals surface area contributed by atoms with Crippen molar-refractivity contribution in [1.29, 1.82) is 0 Å². The molecule has 0 bridgehead atoms. The Hall–Kier alpha value is -2.44. The van der Waals surface area contributed by atoms with Crippen LogP contribution >= 0.6 is 12.4 Å². The van der Waals surface area contributed by atoms with E-state index in [1.54, 1.807) is 43.3 Å². The molecule has 0 fully saturated rings. The Kier molecular flexibility index (Phi) is 8.75. The number of anilines is 1. The third-order valence-corrected chi connectivity index (χ3v) is 3.74. The Morgan fingerprint density at radius 1 is 1.15 bits per heavy atom. The summed E-state index contributed by atoms with van der Waals surface area (Å²) in [6.07, 6.45) is 0.408. The predicted octanol–water partition coefficient (Wildman–Crippen LogP) is 2.75. The maximum Gasteiger partial charge on any atom is 0.253 e. The van der Waals surface area contributed by atoms with Gasteiger partial charge in [-0.2, -0.15) is 0 Å². The Balaban J connectivity index is 0.00000338. The number of carbonyl (C=O) groups excluding carboxylic acids is 2. The molecule has 2 amide bonds. The lowest BCUT2D eigenvalue weighted by atomic mass is 10.00. The summed E-state index contributed by atoms with van der Waals surface area (Å²) >= 11 is 0. The number of amides is 2. The van der Waals surface area contributed by atoms with Crippen LogP contribution in [0.2, 0.25) is 0 Å². The SMILES string of the molecule is CC(Cc1cccc(F)c1)C(=O)Nc1ccccc1C(=O)NCCN.Cl. The molecule has 2 aromatic carbocycles. The summed E-state index contributed by atoms with van der Waals surface area (Å²) < 4.78 is 13.3. The largest absolute Gasteiger partial charge is 0.351 e. The average Bonchev–Trinajstić information content (AvgIpc) is 2.60. The van der Waals surface area contributed by atoms with Crippen LogP contribution in [0, 0.1) is 11.7 Å². The number of benzene rings is 2. The normalized spacial score (nSPS) is 11.2. The van der Waals surface area contributed by atoms with E-state index in [4.69, 9.17) is 5.73 Å². The van der Waals surface area contributed by atoms with Crippen LogP contribution in [-0.2, 0) is 11.2 Å². The van der Waals surface area contributed by atoms with Gasteiger partial charge < -0.3 is 16.4 Å². The molecule has 0 aliphatic carbocycles. The van der Waals surface area contributed by atoms with E-state index in [9.17, 15) is 14.0 Å². The van der Waals surface area contributed by atoms with Gasteiger partial charge in [-0.05, 0) is 36.2 Å². The molecule has 1 unspecified atom stereocenters. The van der Waals surface area contributed by atoms with Crippen molar-refractivity contribution in [3.05, 3.63) is 65.5 Å². The number of nitrogens with one attached hydrogen (secondary N) is 2. The summed E-state index contributed by atoms with van der Waals surface area (Å²) in [5, 5.41) is 5.46. The van der Waals surface area contributed by atoms with Gasteiger partial charge in [-0.1, -0.05) is 31.2 Å². The molecule has 0 saturated heterocycles. The Bertz CT molecular complexity index is 755. The molecule has 26 heavy (non-hydrogen) atoms. The van der Waals surface area contributed by atoms with Crippen LogP contribution in [0.3, 0.4) is 0 Å². The predicted molar refractivity (Wildman–Crippen MR) is 103 cm³/mol. The number of carbonyl (C=O) groups is 2. The highest BCUT2D eigenvalue weighted by Crippen LogP contribution is 2.17. The van der Waals surface area contributed by atoms with Gasteiger partial charge in [0.15, 0.2) is 0 Å². The molecule has 0 aromatic heterocycles. The minimum absolute atomic E-state index is 0. The summed E-state index contributed by atoms with van der Waals surface area (Å²) in [7, 11) is 0. The van der Waals surface area contributed by atoms with Gasteiger partial charge in [0, 0.05) is 19.0 Å². The number of para-hydroxylation sites is 1. The molecule has 7 heteroatoms. The third kappa shape index (κ3) is 6.13. The molecular formula is C19H23ClFN3O2. The molecule has 140 valence electrons. The fraction of sp³-hybridized carbons (Fsp3) is 0.263. The lowest BCUT2D eigenvalue weighted by Gasteiger charge is -2.15. The molecule has 2 rings (SSSR count). The Morgan fingerprint density at radius 2 is 1.88 bits per heavy atom. The minimum atomic E-state index is -0.373. The maximum absolute atomic E-state index is 13.3. The first-order valence-electron chi connectivity index (χ1n) is 8.14.